The molecule has 1 aliphatic heterocycles. The summed E-state index contributed by atoms with van der Waals surface area (Å²) in [7, 11) is 1.72. The van der Waals surface area contributed by atoms with Gasteiger partial charge in [0.15, 0.2) is 0 Å². The first-order chi connectivity index (χ1) is 10.1. The maximum absolute atomic E-state index is 13.1. The van der Waals surface area contributed by atoms with Gasteiger partial charge in [-0.05, 0) is 31.6 Å². The Bertz CT molecular complexity index is 376. The van der Waals surface area contributed by atoms with Gasteiger partial charge in [-0.1, -0.05) is 37.9 Å². The normalized spacial score (nSPS) is 26.1. The second-order valence-corrected chi connectivity index (χ2v) is 7.02. The number of amides is 1. The fourth-order valence-corrected chi connectivity index (χ4v) is 4.11. The molecule has 1 aliphatic carbocycles. The third-order valence-electron chi connectivity index (χ3n) is 5.05. The number of nitrogens with two attached hydrogens (primary N) is 1. The lowest BCUT2D eigenvalue weighted by Crippen LogP contribution is -2.53. The van der Waals surface area contributed by atoms with Crippen LogP contribution in [0.5, 0.6) is 0 Å². The number of hydrogen-bond acceptors (Lipinski definition) is 3. The number of hydrogen-bond donors (Lipinski definition) is 1. The van der Waals surface area contributed by atoms with Gasteiger partial charge in [0.1, 0.15) is 0 Å². The average molecular weight is 312 g/mol. The Kier molecular flexibility index (Phi) is 5.99. The number of methoxy groups -OCH3 is 1. The Hall–Kier alpha value is -0.680. The van der Waals surface area contributed by atoms with E-state index in [-0.39, 0.29) is 5.91 Å². The number of carbonyl (C=O) groups is 1. The lowest BCUT2D eigenvalue weighted by Gasteiger charge is -2.40. The lowest BCUT2D eigenvalue weighted by molar-refractivity contribution is -0.141. The lowest BCUT2D eigenvalue weighted by atomic mass is 9.78. The summed E-state index contributed by atoms with van der Waals surface area (Å²) in [5, 5.41) is 0. The Morgan fingerprint density at radius 2 is 1.95 bits per heavy atom. The first-order valence-electron chi connectivity index (χ1n) is 8.18. The number of rotatable bonds is 4. The van der Waals surface area contributed by atoms with Crippen molar-refractivity contribution >= 4 is 23.1 Å². The van der Waals surface area contributed by atoms with Crippen LogP contribution in [0.1, 0.15) is 51.4 Å². The second kappa shape index (κ2) is 7.54. The fraction of sp³-hybridized carbons (Fsp3) is 0.875. The van der Waals surface area contributed by atoms with E-state index in [0.29, 0.717) is 10.9 Å². The van der Waals surface area contributed by atoms with Crippen molar-refractivity contribution in [2.45, 2.75) is 51.4 Å². The fourth-order valence-electron chi connectivity index (χ4n) is 3.82. The predicted molar refractivity (Wildman–Crippen MR) is 88.1 cm³/mol. The van der Waals surface area contributed by atoms with Crippen molar-refractivity contribution in [3.63, 3.8) is 0 Å². The van der Waals surface area contributed by atoms with Crippen LogP contribution in [0.2, 0.25) is 0 Å². The standard InChI is InChI=1S/C16H28N2O2S/c1-20-12-13-7-6-10-18(11-13)15(19)16(14(17)21)8-4-2-3-5-9-16/h13H,2-12H2,1H3,(H2,17,21). The number of thiocarbonyl (C=S) groups is 1. The van der Waals surface area contributed by atoms with E-state index < -0.39 is 5.41 Å². The molecule has 0 aromatic rings. The van der Waals surface area contributed by atoms with E-state index in [0.717, 1.165) is 58.2 Å². The highest BCUT2D eigenvalue weighted by atomic mass is 32.1. The molecule has 21 heavy (non-hydrogen) atoms. The van der Waals surface area contributed by atoms with E-state index in [4.69, 9.17) is 22.7 Å². The summed E-state index contributed by atoms with van der Waals surface area (Å²) >= 11 is 5.32. The zero-order valence-corrected chi connectivity index (χ0v) is 13.9. The van der Waals surface area contributed by atoms with Crippen LogP contribution < -0.4 is 5.73 Å². The van der Waals surface area contributed by atoms with Gasteiger partial charge in [0.25, 0.3) is 0 Å². The van der Waals surface area contributed by atoms with Crippen LogP contribution in [0.3, 0.4) is 0 Å². The highest BCUT2D eigenvalue weighted by Crippen LogP contribution is 2.38. The molecule has 1 saturated carbocycles. The number of carbonyl (C=O) groups excluding carboxylic acids is 1. The molecule has 1 heterocycles. The van der Waals surface area contributed by atoms with Gasteiger partial charge >= 0.3 is 0 Å². The van der Waals surface area contributed by atoms with Crippen molar-refractivity contribution in [1.82, 2.24) is 4.90 Å². The van der Waals surface area contributed by atoms with Crippen molar-refractivity contribution in [1.29, 1.82) is 0 Å². The van der Waals surface area contributed by atoms with E-state index in [1.54, 1.807) is 7.11 Å². The molecule has 0 radical (unpaired) electrons. The van der Waals surface area contributed by atoms with Gasteiger partial charge in [-0.25, -0.2) is 0 Å². The molecule has 4 nitrogen and oxygen atoms in total. The van der Waals surface area contributed by atoms with Gasteiger partial charge < -0.3 is 15.4 Å². The summed E-state index contributed by atoms with van der Waals surface area (Å²) < 4.78 is 5.26. The highest BCUT2D eigenvalue weighted by Gasteiger charge is 2.44. The molecule has 2 rings (SSSR count). The molecule has 1 atom stereocenters. The van der Waals surface area contributed by atoms with Crippen molar-refractivity contribution < 1.29 is 9.53 Å². The third-order valence-corrected chi connectivity index (χ3v) is 5.44. The minimum atomic E-state index is -0.583. The van der Waals surface area contributed by atoms with E-state index in [1.165, 1.54) is 12.8 Å². The van der Waals surface area contributed by atoms with Gasteiger partial charge in [0.05, 0.1) is 17.0 Å². The molecular formula is C16H28N2O2S. The van der Waals surface area contributed by atoms with Crippen molar-refractivity contribution in [3.8, 4) is 0 Å². The maximum atomic E-state index is 13.1. The molecule has 2 N–H and O–H groups in total. The van der Waals surface area contributed by atoms with E-state index in [2.05, 4.69) is 0 Å². The zero-order chi connectivity index (χ0) is 15.3. The molecule has 2 aliphatic rings. The summed E-state index contributed by atoms with van der Waals surface area (Å²) in [5.41, 5.74) is 5.45. The van der Waals surface area contributed by atoms with Crippen LogP contribution in [0.4, 0.5) is 0 Å². The van der Waals surface area contributed by atoms with Gasteiger partial charge in [-0.2, -0.15) is 0 Å². The molecule has 0 aromatic carbocycles. The SMILES string of the molecule is COCC1CCCN(C(=O)C2(C(N)=S)CCCCCC2)C1. The first-order valence-corrected chi connectivity index (χ1v) is 8.59. The van der Waals surface area contributed by atoms with Crippen LogP contribution in [-0.2, 0) is 9.53 Å². The van der Waals surface area contributed by atoms with Crippen LogP contribution in [0, 0.1) is 11.3 Å². The quantitative estimate of drug-likeness (QED) is 0.640. The maximum Gasteiger partial charge on any atom is 0.235 e. The number of likely N-dealkylation sites (tertiary alicyclic amines) is 1. The van der Waals surface area contributed by atoms with Crippen LogP contribution >= 0.6 is 12.2 Å². The molecule has 0 bridgehead atoms. The number of ether oxygens (including phenoxy) is 1. The predicted octanol–water partition coefficient (Wildman–Crippen LogP) is 2.50. The molecule has 120 valence electrons. The summed E-state index contributed by atoms with van der Waals surface area (Å²) in [5.74, 6) is 0.625. The van der Waals surface area contributed by atoms with Crippen LogP contribution in [0.15, 0.2) is 0 Å². The Morgan fingerprint density at radius 1 is 1.29 bits per heavy atom. The molecule has 5 heteroatoms. The first kappa shape index (κ1) is 16.7. The summed E-state index contributed by atoms with van der Waals surface area (Å²) in [6, 6.07) is 0. The Labute approximate surface area is 133 Å². The van der Waals surface area contributed by atoms with Crippen molar-refractivity contribution in [2.24, 2.45) is 17.1 Å². The monoisotopic (exact) mass is 312 g/mol. The average Bonchev–Trinajstić information content (AvgIpc) is 2.74. The number of piperidine rings is 1. The van der Waals surface area contributed by atoms with Gasteiger partial charge in [0, 0.05) is 20.2 Å². The van der Waals surface area contributed by atoms with E-state index in [9.17, 15) is 4.79 Å². The minimum absolute atomic E-state index is 0.178. The van der Waals surface area contributed by atoms with Crippen molar-refractivity contribution in [2.75, 3.05) is 26.8 Å². The molecule has 0 spiro atoms. The largest absolute Gasteiger partial charge is 0.392 e. The van der Waals surface area contributed by atoms with E-state index in [1.807, 2.05) is 4.90 Å². The Balaban J connectivity index is 2.12. The highest BCUT2D eigenvalue weighted by molar-refractivity contribution is 7.80. The van der Waals surface area contributed by atoms with Gasteiger partial charge in [-0.3, -0.25) is 4.79 Å². The summed E-state index contributed by atoms with van der Waals surface area (Å²) in [4.78, 5) is 15.5. The second-order valence-electron chi connectivity index (χ2n) is 6.58. The molecule has 2 fully saturated rings. The summed E-state index contributed by atoms with van der Waals surface area (Å²) in [6.07, 6.45) is 8.31. The smallest absolute Gasteiger partial charge is 0.235 e. The number of nitrogens with zero attached hydrogens (tertiary/aromatic N) is 1. The van der Waals surface area contributed by atoms with Crippen LogP contribution in [-0.4, -0.2) is 42.6 Å². The van der Waals surface area contributed by atoms with Gasteiger partial charge in [0.2, 0.25) is 5.91 Å². The molecule has 1 unspecified atom stereocenters. The van der Waals surface area contributed by atoms with Gasteiger partial charge in [-0.15, -0.1) is 0 Å². The van der Waals surface area contributed by atoms with Crippen LogP contribution in [0.25, 0.3) is 0 Å². The minimum Gasteiger partial charge on any atom is -0.392 e. The summed E-state index contributed by atoms with van der Waals surface area (Å²) in [6.45, 7) is 2.35. The Morgan fingerprint density at radius 3 is 2.52 bits per heavy atom. The molecular weight excluding hydrogens is 284 g/mol. The van der Waals surface area contributed by atoms with Crippen molar-refractivity contribution in [3.05, 3.63) is 0 Å². The zero-order valence-electron chi connectivity index (χ0n) is 13.1. The molecule has 1 amide bonds. The topological polar surface area (TPSA) is 55.6 Å². The third kappa shape index (κ3) is 3.75. The molecule has 1 saturated heterocycles. The molecule has 0 aromatic heterocycles. The van der Waals surface area contributed by atoms with E-state index >= 15 is 0 Å².